The topological polar surface area (TPSA) is 98.2 Å². The maximum atomic E-state index is 12.1. The summed E-state index contributed by atoms with van der Waals surface area (Å²) in [5, 5.41) is 3.92. The Bertz CT molecular complexity index is 660. The van der Waals surface area contributed by atoms with Gasteiger partial charge in [0.2, 0.25) is 10.0 Å². The predicted molar refractivity (Wildman–Crippen MR) is 71.1 cm³/mol. The highest BCUT2D eigenvalue weighted by Gasteiger charge is 2.17. The van der Waals surface area contributed by atoms with Gasteiger partial charge in [0.1, 0.15) is 6.26 Å². The molecule has 102 valence electrons. The van der Waals surface area contributed by atoms with Crippen LogP contribution in [0.2, 0.25) is 5.02 Å². The average molecular weight is 302 g/mol. The van der Waals surface area contributed by atoms with Crippen LogP contribution in [0.4, 0.5) is 5.69 Å². The molecular formula is C11H12ClN3O3S. The molecule has 0 bridgehead atoms. The van der Waals surface area contributed by atoms with Crippen molar-refractivity contribution in [3.8, 4) is 0 Å². The van der Waals surface area contributed by atoms with Gasteiger partial charge in [-0.1, -0.05) is 16.8 Å². The number of nitrogens with two attached hydrogens (primary N) is 1. The van der Waals surface area contributed by atoms with E-state index in [4.69, 9.17) is 17.3 Å². The first kappa shape index (κ1) is 13.9. The number of aromatic nitrogens is 1. The lowest BCUT2D eigenvalue weighted by atomic mass is 10.2. The molecule has 0 saturated heterocycles. The molecular weight excluding hydrogens is 290 g/mol. The van der Waals surface area contributed by atoms with Gasteiger partial charge >= 0.3 is 0 Å². The van der Waals surface area contributed by atoms with Crippen LogP contribution in [0.15, 0.2) is 33.9 Å². The largest absolute Gasteiger partial charge is 0.398 e. The highest BCUT2D eigenvalue weighted by atomic mass is 35.5. The molecule has 0 aliphatic rings. The van der Waals surface area contributed by atoms with Crippen LogP contribution in [0.3, 0.4) is 0 Å². The Labute approximate surface area is 115 Å². The second kappa shape index (κ2) is 5.20. The summed E-state index contributed by atoms with van der Waals surface area (Å²) in [6, 6.07) is 4.30. The quantitative estimate of drug-likeness (QED) is 0.837. The first-order chi connectivity index (χ1) is 8.90. The number of nitrogens with zero attached hydrogens (tertiary/aromatic N) is 1. The van der Waals surface area contributed by atoms with Crippen LogP contribution in [-0.4, -0.2) is 13.6 Å². The average Bonchev–Trinajstić information content (AvgIpc) is 2.86. The highest BCUT2D eigenvalue weighted by Crippen LogP contribution is 2.25. The molecule has 19 heavy (non-hydrogen) atoms. The molecule has 3 N–H and O–H groups in total. The molecule has 0 unspecified atom stereocenters. The van der Waals surface area contributed by atoms with Gasteiger partial charge in [-0.3, -0.25) is 0 Å². The maximum absolute atomic E-state index is 12.1. The maximum Gasteiger partial charge on any atom is 0.241 e. The zero-order valence-electron chi connectivity index (χ0n) is 10.1. The van der Waals surface area contributed by atoms with E-state index in [0.717, 1.165) is 0 Å². The number of hydrogen-bond donors (Lipinski definition) is 2. The van der Waals surface area contributed by atoms with Crippen LogP contribution in [0.25, 0.3) is 0 Å². The van der Waals surface area contributed by atoms with Gasteiger partial charge in [-0.2, -0.15) is 0 Å². The monoisotopic (exact) mass is 301 g/mol. The van der Waals surface area contributed by atoms with Crippen molar-refractivity contribution in [3.05, 3.63) is 40.7 Å². The zero-order chi connectivity index (χ0) is 14.0. The Morgan fingerprint density at radius 1 is 1.47 bits per heavy atom. The van der Waals surface area contributed by atoms with E-state index in [0.29, 0.717) is 22.0 Å². The van der Waals surface area contributed by atoms with Crippen molar-refractivity contribution in [2.24, 2.45) is 0 Å². The molecule has 2 aromatic rings. The third-order valence-corrected chi connectivity index (χ3v) is 4.38. The Hall–Kier alpha value is -1.57. The van der Waals surface area contributed by atoms with E-state index in [-0.39, 0.29) is 11.4 Å². The van der Waals surface area contributed by atoms with Crippen molar-refractivity contribution in [3.63, 3.8) is 0 Å². The van der Waals surface area contributed by atoms with Crippen molar-refractivity contribution in [2.45, 2.75) is 18.4 Å². The van der Waals surface area contributed by atoms with Gasteiger partial charge in [0, 0.05) is 16.8 Å². The van der Waals surface area contributed by atoms with Crippen molar-refractivity contribution in [1.29, 1.82) is 0 Å². The summed E-state index contributed by atoms with van der Waals surface area (Å²) in [7, 11) is -3.69. The number of anilines is 1. The molecule has 6 nitrogen and oxygen atoms in total. The minimum atomic E-state index is -3.69. The third-order valence-electron chi connectivity index (χ3n) is 2.60. The summed E-state index contributed by atoms with van der Waals surface area (Å²) >= 11 is 5.93. The zero-order valence-corrected chi connectivity index (χ0v) is 11.6. The summed E-state index contributed by atoms with van der Waals surface area (Å²) in [4.78, 5) is 0.0177. The number of nitrogen functional groups attached to an aromatic ring is 1. The van der Waals surface area contributed by atoms with Crippen LogP contribution in [-0.2, 0) is 16.6 Å². The summed E-state index contributed by atoms with van der Waals surface area (Å²) < 4.78 is 31.1. The Morgan fingerprint density at radius 3 is 2.79 bits per heavy atom. The summed E-state index contributed by atoms with van der Waals surface area (Å²) in [5.74, 6) is 0. The van der Waals surface area contributed by atoms with Gasteiger partial charge in [-0.05, 0) is 24.6 Å². The Balaban J connectivity index is 2.24. The molecule has 0 aliphatic carbocycles. The third kappa shape index (κ3) is 3.06. The smallest absolute Gasteiger partial charge is 0.241 e. The number of hydrogen-bond acceptors (Lipinski definition) is 5. The lowest BCUT2D eigenvalue weighted by Crippen LogP contribution is -2.23. The molecule has 0 spiro atoms. The summed E-state index contributed by atoms with van der Waals surface area (Å²) in [6.45, 7) is 1.75. The van der Waals surface area contributed by atoms with Crippen LogP contribution >= 0.6 is 11.6 Å². The van der Waals surface area contributed by atoms with Crippen LogP contribution in [0, 0.1) is 6.92 Å². The lowest BCUT2D eigenvalue weighted by Gasteiger charge is -2.09. The highest BCUT2D eigenvalue weighted by molar-refractivity contribution is 7.89. The molecule has 2 rings (SSSR count). The van der Waals surface area contributed by atoms with E-state index in [1.165, 1.54) is 18.4 Å². The molecule has 0 fully saturated rings. The number of rotatable bonds is 4. The van der Waals surface area contributed by atoms with Crippen molar-refractivity contribution in [2.75, 3.05) is 5.73 Å². The van der Waals surface area contributed by atoms with Gasteiger partial charge in [0.25, 0.3) is 0 Å². The van der Waals surface area contributed by atoms with E-state index in [2.05, 4.69) is 14.4 Å². The van der Waals surface area contributed by atoms with Gasteiger partial charge < -0.3 is 10.3 Å². The Morgan fingerprint density at radius 2 is 2.21 bits per heavy atom. The van der Waals surface area contributed by atoms with E-state index in [1.807, 2.05) is 0 Å². The fourth-order valence-corrected chi connectivity index (χ4v) is 2.76. The SMILES string of the molecule is Cc1c(N)cc(S(=O)(=O)NCc2ccon2)cc1Cl. The van der Waals surface area contributed by atoms with E-state index in [9.17, 15) is 8.42 Å². The second-order valence-electron chi connectivity index (χ2n) is 3.93. The standard InChI is InChI=1S/C11H12ClN3O3S/c1-7-10(12)4-9(5-11(7)13)19(16,17)14-6-8-2-3-18-15-8/h2-5,14H,6,13H2,1H3. The van der Waals surface area contributed by atoms with E-state index in [1.54, 1.807) is 13.0 Å². The minimum Gasteiger partial charge on any atom is -0.398 e. The first-order valence-electron chi connectivity index (χ1n) is 5.34. The summed E-state index contributed by atoms with van der Waals surface area (Å²) in [6.07, 6.45) is 1.37. The van der Waals surface area contributed by atoms with Gasteiger partial charge in [0.15, 0.2) is 0 Å². The van der Waals surface area contributed by atoms with Crippen molar-refractivity contribution >= 4 is 27.3 Å². The molecule has 0 aliphatic heterocycles. The fraction of sp³-hybridized carbons (Fsp3) is 0.182. The van der Waals surface area contributed by atoms with Gasteiger partial charge in [-0.15, -0.1) is 0 Å². The molecule has 0 amide bonds. The van der Waals surface area contributed by atoms with E-state index >= 15 is 0 Å². The molecule has 0 saturated carbocycles. The second-order valence-corrected chi connectivity index (χ2v) is 6.11. The van der Waals surface area contributed by atoms with Crippen molar-refractivity contribution < 1.29 is 12.9 Å². The fourth-order valence-electron chi connectivity index (χ4n) is 1.41. The number of benzene rings is 1. The normalized spacial score (nSPS) is 11.7. The van der Waals surface area contributed by atoms with E-state index < -0.39 is 10.0 Å². The molecule has 0 atom stereocenters. The minimum absolute atomic E-state index is 0.0177. The predicted octanol–water partition coefficient (Wildman–Crippen LogP) is 1.70. The number of halogens is 1. The molecule has 0 radical (unpaired) electrons. The molecule has 1 aromatic heterocycles. The van der Waals surface area contributed by atoms with Gasteiger partial charge in [0.05, 0.1) is 17.1 Å². The molecule has 1 heterocycles. The Kier molecular flexibility index (Phi) is 3.79. The van der Waals surface area contributed by atoms with Crippen molar-refractivity contribution in [1.82, 2.24) is 9.88 Å². The van der Waals surface area contributed by atoms with Crippen LogP contribution in [0.5, 0.6) is 0 Å². The van der Waals surface area contributed by atoms with Crippen LogP contribution < -0.4 is 10.5 Å². The van der Waals surface area contributed by atoms with Gasteiger partial charge in [-0.25, -0.2) is 13.1 Å². The summed E-state index contributed by atoms with van der Waals surface area (Å²) in [5.41, 5.74) is 7.16. The van der Waals surface area contributed by atoms with Crippen LogP contribution in [0.1, 0.15) is 11.3 Å². The molecule has 1 aromatic carbocycles. The first-order valence-corrected chi connectivity index (χ1v) is 7.21. The lowest BCUT2D eigenvalue weighted by molar-refractivity contribution is 0.411. The number of nitrogens with one attached hydrogen (secondary N) is 1. The molecule has 8 heteroatoms. The number of sulfonamides is 1.